The second kappa shape index (κ2) is 7.23. The Morgan fingerprint density at radius 1 is 1.38 bits per heavy atom. The van der Waals surface area contributed by atoms with Crippen LogP contribution in [0.2, 0.25) is 0 Å². The Bertz CT molecular complexity index is 366. The van der Waals surface area contributed by atoms with Crippen molar-refractivity contribution in [3.63, 3.8) is 0 Å². The molecule has 0 saturated carbocycles. The van der Waals surface area contributed by atoms with Crippen LogP contribution in [-0.4, -0.2) is 6.21 Å². The first kappa shape index (κ1) is 13.0. The van der Waals surface area contributed by atoms with E-state index < -0.39 is 0 Å². The average molecular weight is 281 g/mol. The topological polar surface area (TPSA) is 24.4 Å². The van der Waals surface area contributed by atoms with Gasteiger partial charge in [0.15, 0.2) is 0 Å². The first-order valence-corrected chi connectivity index (χ1v) is 6.22. The van der Waals surface area contributed by atoms with Gasteiger partial charge >= 0.3 is 0 Å². The number of hydrogen-bond acceptors (Lipinski definition) is 2. The highest BCUT2D eigenvalue weighted by Crippen LogP contribution is 2.10. The van der Waals surface area contributed by atoms with E-state index in [1.165, 1.54) is 5.56 Å². The van der Waals surface area contributed by atoms with Gasteiger partial charge in [-0.25, -0.2) is 4.99 Å². The van der Waals surface area contributed by atoms with Crippen molar-refractivity contribution >= 4 is 22.1 Å². The van der Waals surface area contributed by atoms with Crippen LogP contribution in [0.4, 0.5) is 0 Å². The van der Waals surface area contributed by atoms with Gasteiger partial charge in [-0.15, -0.1) is 0 Å². The highest BCUT2D eigenvalue weighted by Gasteiger charge is 1.94. The van der Waals surface area contributed by atoms with E-state index >= 15 is 0 Å². The molecular formula is C13H17BrN2. The van der Waals surface area contributed by atoms with Crippen LogP contribution in [0.15, 0.2) is 45.6 Å². The van der Waals surface area contributed by atoms with E-state index in [9.17, 15) is 0 Å². The standard InChI is InChI=1S/C13H17BrN2/c1-3-9-15-13(4-2)16-10-11-5-7-12(14)8-6-11/h4-9,16H,3,10H2,1-2H3/b13-4+,15-9?. The maximum Gasteiger partial charge on any atom is 0.121 e. The number of nitrogens with one attached hydrogen (secondary N) is 1. The number of allylic oxidation sites excluding steroid dienone is 1. The molecule has 0 spiro atoms. The van der Waals surface area contributed by atoms with Crippen LogP contribution in [0.1, 0.15) is 25.8 Å². The molecule has 0 saturated heterocycles. The molecule has 3 heteroatoms. The summed E-state index contributed by atoms with van der Waals surface area (Å²) in [7, 11) is 0. The van der Waals surface area contributed by atoms with Gasteiger partial charge in [0.25, 0.3) is 0 Å². The van der Waals surface area contributed by atoms with Gasteiger partial charge in [0.2, 0.25) is 0 Å². The summed E-state index contributed by atoms with van der Waals surface area (Å²) < 4.78 is 1.10. The Hall–Kier alpha value is -1.09. The molecule has 1 N–H and O–H groups in total. The van der Waals surface area contributed by atoms with Crippen molar-refractivity contribution in [3.05, 3.63) is 46.2 Å². The molecule has 0 aliphatic rings. The van der Waals surface area contributed by atoms with Crippen molar-refractivity contribution in [2.24, 2.45) is 4.99 Å². The summed E-state index contributed by atoms with van der Waals surface area (Å²) in [6.07, 6.45) is 4.84. The minimum absolute atomic E-state index is 0.800. The molecule has 0 aliphatic heterocycles. The van der Waals surface area contributed by atoms with Gasteiger partial charge in [-0.05, 0) is 37.1 Å². The number of aliphatic imine (C=N–C) groups is 1. The van der Waals surface area contributed by atoms with E-state index in [1.54, 1.807) is 0 Å². The molecule has 0 fully saturated rings. The third kappa shape index (κ3) is 4.62. The molecule has 0 radical (unpaired) electrons. The molecule has 0 bridgehead atoms. The predicted octanol–water partition coefficient (Wildman–Crippen LogP) is 3.88. The highest BCUT2D eigenvalue weighted by molar-refractivity contribution is 9.10. The summed E-state index contributed by atoms with van der Waals surface area (Å²) in [5, 5.41) is 3.29. The molecule has 1 aromatic rings. The van der Waals surface area contributed by atoms with Crippen molar-refractivity contribution < 1.29 is 0 Å². The van der Waals surface area contributed by atoms with Crippen LogP contribution in [0.5, 0.6) is 0 Å². The molecule has 86 valence electrons. The van der Waals surface area contributed by atoms with Gasteiger partial charge in [0.1, 0.15) is 5.82 Å². The fourth-order valence-corrected chi connectivity index (χ4v) is 1.47. The molecule has 16 heavy (non-hydrogen) atoms. The summed E-state index contributed by atoms with van der Waals surface area (Å²) in [5.74, 6) is 0.921. The lowest BCUT2D eigenvalue weighted by molar-refractivity contribution is 0.798. The van der Waals surface area contributed by atoms with E-state index in [-0.39, 0.29) is 0 Å². The molecule has 0 atom stereocenters. The average Bonchev–Trinajstić information content (AvgIpc) is 2.32. The van der Waals surface area contributed by atoms with Crippen molar-refractivity contribution in [3.8, 4) is 0 Å². The van der Waals surface area contributed by atoms with E-state index in [0.29, 0.717) is 0 Å². The zero-order chi connectivity index (χ0) is 11.8. The minimum Gasteiger partial charge on any atom is -0.366 e. The Kier molecular flexibility index (Phi) is 5.86. The zero-order valence-electron chi connectivity index (χ0n) is 9.70. The van der Waals surface area contributed by atoms with Gasteiger partial charge in [0, 0.05) is 17.2 Å². The maximum atomic E-state index is 4.31. The zero-order valence-corrected chi connectivity index (χ0v) is 11.3. The Balaban J connectivity index is 2.50. The van der Waals surface area contributed by atoms with E-state index in [0.717, 1.165) is 23.3 Å². The Morgan fingerprint density at radius 3 is 2.62 bits per heavy atom. The van der Waals surface area contributed by atoms with Gasteiger partial charge in [0.05, 0.1) is 0 Å². The third-order valence-corrected chi connectivity index (χ3v) is 2.60. The summed E-state index contributed by atoms with van der Waals surface area (Å²) in [5.41, 5.74) is 1.24. The van der Waals surface area contributed by atoms with E-state index in [2.05, 4.69) is 45.3 Å². The van der Waals surface area contributed by atoms with Crippen molar-refractivity contribution in [2.45, 2.75) is 26.8 Å². The van der Waals surface area contributed by atoms with Crippen LogP contribution in [-0.2, 0) is 6.54 Å². The second-order valence-corrected chi connectivity index (χ2v) is 4.29. The Labute approximate surface area is 106 Å². The summed E-state index contributed by atoms with van der Waals surface area (Å²) in [6.45, 7) is 4.86. The highest BCUT2D eigenvalue weighted by atomic mass is 79.9. The lowest BCUT2D eigenvalue weighted by atomic mass is 10.2. The molecule has 1 aromatic carbocycles. The lowest BCUT2D eigenvalue weighted by Gasteiger charge is -2.06. The number of benzene rings is 1. The summed E-state index contributed by atoms with van der Waals surface area (Å²) in [6, 6.07) is 8.27. The number of rotatable bonds is 5. The molecular weight excluding hydrogens is 264 g/mol. The Morgan fingerprint density at radius 2 is 2.06 bits per heavy atom. The molecule has 0 aliphatic carbocycles. The number of halogens is 1. The maximum absolute atomic E-state index is 4.31. The summed E-state index contributed by atoms with van der Waals surface area (Å²) >= 11 is 3.42. The second-order valence-electron chi connectivity index (χ2n) is 3.37. The number of nitrogens with zero attached hydrogens (tertiary/aromatic N) is 1. The number of hydrogen-bond donors (Lipinski definition) is 1. The van der Waals surface area contributed by atoms with Crippen LogP contribution in [0.3, 0.4) is 0 Å². The quantitative estimate of drug-likeness (QED) is 0.814. The normalized spacial score (nSPS) is 12.1. The fraction of sp³-hybridized carbons (Fsp3) is 0.308. The minimum atomic E-state index is 0.800. The smallest absolute Gasteiger partial charge is 0.121 e. The van der Waals surface area contributed by atoms with Gasteiger partial charge in [-0.1, -0.05) is 35.0 Å². The molecule has 0 heterocycles. The molecule has 1 rings (SSSR count). The fourth-order valence-electron chi connectivity index (χ4n) is 1.21. The third-order valence-electron chi connectivity index (χ3n) is 2.07. The van der Waals surface area contributed by atoms with Gasteiger partial charge < -0.3 is 5.32 Å². The van der Waals surface area contributed by atoms with Crippen LogP contribution < -0.4 is 5.32 Å². The monoisotopic (exact) mass is 280 g/mol. The van der Waals surface area contributed by atoms with Crippen LogP contribution in [0, 0.1) is 0 Å². The molecule has 2 nitrogen and oxygen atoms in total. The van der Waals surface area contributed by atoms with Gasteiger partial charge in [-0.3, -0.25) is 0 Å². The molecule has 0 aromatic heterocycles. The largest absolute Gasteiger partial charge is 0.366 e. The van der Waals surface area contributed by atoms with Crippen molar-refractivity contribution in [1.82, 2.24) is 5.32 Å². The van der Waals surface area contributed by atoms with Crippen LogP contribution in [0.25, 0.3) is 0 Å². The van der Waals surface area contributed by atoms with Crippen molar-refractivity contribution in [1.29, 1.82) is 0 Å². The molecule has 0 amide bonds. The first-order chi connectivity index (χ1) is 7.76. The predicted molar refractivity (Wildman–Crippen MR) is 73.5 cm³/mol. The van der Waals surface area contributed by atoms with Crippen LogP contribution >= 0.6 is 15.9 Å². The first-order valence-electron chi connectivity index (χ1n) is 5.43. The van der Waals surface area contributed by atoms with E-state index in [4.69, 9.17) is 0 Å². The van der Waals surface area contributed by atoms with E-state index in [1.807, 2.05) is 31.3 Å². The van der Waals surface area contributed by atoms with Gasteiger partial charge in [-0.2, -0.15) is 0 Å². The van der Waals surface area contributed by atoms with Crippen molar-refractivity contribution in [2.75, 3.05) is 0 Å². The SMILES string of the molecule is C/C=C(\N=CCC)NCc1ccc(Br)cc1. The lowest BCUT2D eigenvalue weighted by Crippen LogP contribution is -2.11. The summed E-state index contributed by atoms with van der Waals surface area (Å²) in [4.78, 5) is 4.31. The molecule has 0 unspecified atom stereocenters.